The Kier molecular flexibility index (Phi) is 7.30. The highest BCUT2D eigenvalue weighted by Gasteiger charge is 2.32. The van der Waals surface area contributed by atoms with E-state index in [2.05, 4.69) is 5.32 Å². The Morgan fingerprint density at radius 1 is 1.10 bits per heavy atom. The van der Waals surface area contributed by atoms with Crippen LogP contribution >= 0.6 is 0 Å². The highest BCUT2D eigenvalue weighted by atomic mass is 32.2. The van der Waals surface area contributed by atoms with Crippen molar-refractivity contribution in [1.29, 1.82) is 0 Å². The summed E-state index contributed by atoms with van der Waals surface area (Å²) in [5.41, 5.74) is 2.83. The van der Waals surface area contributed by atoms with Gasteiger partial charge in [-0.1, -0.05) is 19.1 Å². The van der Waals surface area contributed by atoms with Gasteiger partial charge in [0.05, 0.1) is 18.0 Å². The maximum absolute atomic E-state index is 13.0. The fraction of sp³-hybridized carbons (Fsp3) is 0.409. The zero-order valence-corrected chi connectivity index (χ0v) is 18.7. The van der Waals surface area contributed by atoms with Crippen LogP contribution in [0.15, 0.2) is 42.5 Å². The number of aryl methyl sites for hydroxylation is 2. The van der Waals surface area contributed by atoms with Crippen molar-refractivity contribution in [1.82, 2.24) is 0 Å². The molecule has 1 N–H and O–H groups in total. The molecule has 29 heavy (non-hydrogen) atoms. The third-order valence-corrected chi connectivity index (χ3v) is 5.59. The second-order valence-electron chi connectivity index (χ2n) is 7.45. The maximum Gasteiger partial charge on any atom is 0.248 e. The number of carbonyl (C=O) groups is 1. The molecule has 0 aliphatic carbocycles. The minimum Gasteiger partial charge on any atom is -0.491 e. The topological polar surface area (TPSA) is 75.7 Å². The Hall–Kier alpha value is -2.54. The zero-order chi connectivity index (χ0) is 21.8. The summed E-state index contributed by atoms with van der Waals surface area (Å²) >= 11 is 0. The first kappa shape index (κ1) is 22.7. The first-order valence-corrected chi connectivity index (χ1v) is 11.5. The van der Waals surface area contributed by atoms with Gasteiger partial charge in [-0.05, 0) is 75.6 Å². The van der Waals surface area contributed by atoms with E-state index in [1.54, 1.807) is 37.3 Å². The predicted molar refractivity (Wildman–Crippen MR) is 118 cm³/mol. The number of ether oxygens (including phenoxy) is 1. The van der Waals surface area contributed by atoms with Crippen molar-refractivity contribution >= 4 is 27.3 Å². The molecule has 0 spiro atoms. The van der Waals surface area contributed by atoms with Crippen LogP contribution in [0, 0.1) is 13.8 Å². The maximum atomic E-state index is 13.0. The lowest BCUT2D eigenvalue weighted by atomic mass is 10.1. The summed E-state index contributed by atoms with van der Waals surface area (Å²) in [7, 11) is -3.67. The smallest absolute Gasteiger partial charge is 0.248 e. The van der Waals surface area contributed by atoms with Crippen LogP contribution in [-0.2, 0) is 14.8 Å². The Labute approximate surface area is 173 Å². The highest BCUT2D eigenvalue weighted by molar-refractivity contribution is 7.92. The van der Waals surface area contributed by atoms with E-state index >= 15 is 0 Å². The Balaban J connectivity index is 2.32. The van der Waals surface area contributed by atoms with Crippen LogP contribution in [0.1, 0.15) is 38.3 Å². The highest BCUT2D eigenvalue weighted by Crippen LogP contribution is 2.28. The van der Waals surface area contributed by atoms with Gasteiger partial charge in [-0.2, -0.15) is 0 Å². The molecule has 2 aromatic carbocycles. The van der Waals surface area contributed by atoms with E-state index in [-0.39, 0.29) is 12.0 Å². The summed E-state index contributed by atoms with van der Waals surface area (Å²) in [4.78, 5) is 13.0. The van der Waals surface area contributed by atoms with Crippen LogP contribution < -0.4 is 14.4 Å². The number of nitrogens with one attached hydrogen (secondary N) is 1. The van der Waals surface area contributed by atoms with E-state index in [0.29, 0.717) is 23.5 Å². The fourth-order valence-electron chi connectivity index (χ4n) is 3.11. The molecule has 7 heteroatoms. The number of anilines is 2. The van der Waals surface area contributed by atoms with E-state index in [0.717, 1.165) is 17.4 Å². The minimum atomic E-state index is -3.67. The standard InChI is InChI=1S/C22H30N2O4S/c1-7-20(22(25)23-18-10-12-19(13-11-18)28-15(2)3)24(29(6,26)27)21-14-16(4)8-9-17(21)5/h8-15,20H,7H2,1-6H3,(H,23,25)/t20-/m1/s1. The number of amides is 1. The van der Waals surface area contributed by atoms with Gasteiger partial charge in [-0.3, -0.25) is 9.10 Å². The molecule has 6 nitrogen and oxygen atoms in total. The van der Waals surface area contributed by atoms with Crippen LogP contribution in [0.3, 0.4) is 0 Å². The van der Waals surface area contributed by atoms with Crippen molar-refractivity contribution in [2.24, 2.45) is 0 Å². The van der Waals surface area contributed by atoms with Crippen LogP contribution in [0.5, 0.6) is 5.75 Å². The predicted octanol–water partition coefficient (Wildman–Crippen LogP) is 4.27. The van der Waals surface area contributed by atoms with Crippen molar-refractivity contribution in [2.45, 2.75) is 53.2 Å². The Morgan fingerprint density at radius 3 is 2.24 bits per heavy atom. The number of nitrogens with zero attached hydrogens (tertiary/aromatic N) is 1. The van der Waals surface area contributed by atoms with Gasteiger partial charge in [0, 0.05) is 5.69 Å². The van der Waals surface area contributed by atoms with Gasteiger partial charge in [0.1, 0.15) is 11.8 Å². The fourth-order valence-corrected chi connectivity index (χ4v) is 4.37. The third-order valence-electron chi connectivity index (χ3n) is 4.43. The average molecular weight is 419 g/mol. The Bertz CT molecular complexity index is 953. The normalized spacial score (nSPS) is 12.5. The molecule has 0 aromatic heterocycles. The lowest BCUT2D eigenvalue weighted by molar-refractivity contribution is -0.117. The monoisotopic (exact) mass is 418 g/mol. The second kappa shape index (κ2) is 9.31. The molecule has 2 aromatic rings. The molecule has 0 saturated carbocycles. The number of benzene rings is 2. The van der Waals surface area contributed by atoms with Crippen LogP contribution in [-0.4, -0.2) is 32.7 Å². The summed E-state index contributed by atoms with van der Waals surface area (Å²) in [6, 6.07) is 11.7. The van der Waals surface area contributed by atoms with Crippen LogP contribution in [0.2, 0.25) is 0 Å². The van der Waals surface area contributed by atoms with Gasteiger partial charge < -0.3 is 10.1 Å². The van der Waals surface area contributed by atoms with Gasteiger partial charge in [-0.15, -0.1) is 0 Å². The molecule has 1 amide bonds. The molecule has 0 aliphatic rings. The minimum absolute atomic E-state index is 0.0563. The van der Waals surface area contributed by atoms with Gasteiger partial charge >= 0.3 is 0 Å². The van der Waals surface area contributed by atoms with Gasteiger partial charge in [0.2, 0.25) is 15.9 Å². The van der Waals surface area contributed by atoms with Gasteiger partial charge in [0.25, 0.3) is 0 Å². The van der Waals surface area contributed by atoms with Crippen molar-refractivity contribution in [3.05, 3.63) is 53.6 Å². The first-order chi connectivity index (χ1) is 13.5. The molecule has 158 valence electrons. The molecule has 2 rings (SSSR count). The van der Waals surface area contributed by atoms with Crippen molar-refractivity contribution in [2.75, 3.05) is 15.9 Å². The van der Waals surface area contributed by atoms with E-state index in [1.807, 2.05) is 39.8 Å². The van der Waals surface area contributed by atoms with Crippen molar-refractivity contribution in [3.8, 4) is 5.75 Å². The largest absolute Gasteiger partial charge is 0.491 e. The third kappa shape index (κ3) is 5.97. The van der Waals surface area contributed by atoms with E-state index < -0.39 is 16.1 Å². The summed E-state index contributed by atoms with van der Waals surface area (Å²) in [5.74, 6) is 0.328. The molecule has 0 aliphatic heterocycles. The molecular weight excluding hydrogens is 388 g/mol. The number of rotatable bonds is 8. The first-order valence-electron chi connectivity index (χ1n) is 9.67. The van der Waals surface area contributed by atoms with Crippen molar-refractivity contribution < 1.29 is 17.9 Å². The second-order valence-corrected chi connectivity index (χ2v) is 9.31. The molecule has 0 saturated heterocycles. The van der Waals surface area contributed by atoms with Gasteiger partial charge in [0.15, 0.2) is 0 Å². The zero-order valence-electron chi connectivity index (χ0n) is 17.9. The molecule has 0 bridgehead atoms. The molecule has 1 atom stereocenters. The molecule has 0 heterocycles. The summed E-state index contributed by atoms with van der Waals surface area (Å²) in [6.07, 6.45) is 1.52. The summed E-state index contributed by atoms with van der Waals surface area (Å²) in [5, 5.41) is 2.83. The Morgan fingerprint density at radius 2 is 1.72 bits per heavy atom. The molecule has 0 unspecified atom stereocenters. The number of hydrogen-bond acceptors (Lipinski definition) is 4. The molecular formula is C22H30N2O4S. The van der Waals surface area contributed by atoms with E-state index in [4.69, 9.17) is 4.74 Å². The number of hydrogen-bond donors (Lipinski definition) is 1. The number of sulfonamides is 1. The van der Waals surface area contributed by atoms with Crippen LogP contribution in [0.4, 0.5) is 11.4 Å². The summed E-state index contributed by atoms with van der Waals surface area (Å²) < 4.78 is 32.1. The van der Waals surface area contributed by atoms with Crippen LogP contribution in [0.25, 0.3) is 0 Å². The van der Waals surface area contributed by atoms with Gasteiger partial charge in [-0.25, -0.2) is 8.42 Å². The molecule has 0 radical (unpaired) electrons. The quantitative estimate of drug-likeness (QED) is 0.694. The molecule has 0 fully saturated rings. The average Bonchev–Trinajstić information content (AvgIpc) is 2.62. The number of carbonyl (C=O) groups excluding carboxylic acids is 1. The lowest BCUT2D eigenvalue weighted by Gasteiger charge is -2.31. The van der Waals surface area contributed by atoms with Crippen molar-refractivity contribution in [3.63, 3.8) is 0 Å². The van der Waals surface area contributed by atoms with E-state index in [1.165, 1.54) is 4.31 Å². The SMILES string of the molecule is CC[C@H](C(=O)Nc1ccc(OC(C)C)cc1)N(c1cc(C)ccc1C)S(C)(=O)=O. The lowest BCUT2D eigenvalue weighted by Crippen LogP contribution is -2.47. The van der Waals surface area contributed by atoms with E-state index in [9.17, 15) is 13.2 Å². The summed E-state index contributed by atoms with van der Waals surface area (Å²) in [6.45, 7) is 9.41.